The Bertz CT molecular complexity index is 856. The molecule has 3 rings (SSSR count). The third-order valence-electron chi connectivity index (χ3n) is 5.41. The molecule has 0 saturated heterocycles. The Hall–Kier alpha value is -2.36. The molecule has 3 unspecified atom stereocenters. The number of sulfonamides is 1. The van der Waals surface area contributed by atoms with Crippen LogP contribution in [0.2, 0.25) is 0 Å². The lowest BCUT2D eigenvalue weighted by atomic mass is 9.95. The highest BCUT2D eigenvalue weighted by Crippen LogP contribution is 2.44. The highest BCUT2D eigenvalue weighted by molar-refractivity contribution is 7.92. The van der Waals surface area contributed by atoms with E-state index in [1.54, 1.807) is 0 Å². The van der Waals surface area contributed by atoms with E-state index in [9.17, 15) is 23.3 Å². The van der Waals surface area contributed by atoms with E-state index in [0.717, 1.165) is 35.9 Å². The fourth-order valence-electron chi connectivity index (χ4n) is 4.17. The largest absolute Gasteiger partial charge is 0.495 e. The molecular formula is C17H23N3O6S. The summed E-state index contributed by atoms with van der Waals surface area (Å²) >= 11 is 0. The summed E-state index contributed by atoms with van der Waals surface area (Å²) in [6, 6.07) is 3.71. The molecule has 2 saturated carbocycles. The van der Waals surface area contributed by atoms with Crippen LogP contribution in [0.3, 0.4) is 0 Å². The Balaban J connectivity index is 1.83. The van der Waals surface area contributed by atoms with Gasteiger partial charge in [0.1, 0.15) is 18.0 Å². The van der Waals surface area contributed by atoms with E-state index in [1.165, 1.54) is 25.7 Å². The van der Waals surface area contributed by atoms with Gasteiger partial charge < -0.3 is 10.1 Å². The molecule has 2 bridgehead atoms. The summed E-state index contributed by atoms with van der Waals surface area (Å²) < 4.78 is 30.6. The first kappa shape index (κ1) is 19.4. The second-order valence-electron chi connectivity index (χ2n) is 7.23. The minimum Gasteiger partial charge on any atom is -0.495 e. The molecule has 2 aliphatic rings. The minimum atomic E-state index is -3.86. The van der Waals surface area contributed by atoms with Crippen molar-refractivity contribution in [1.29, 1.82) is 0 Å². The molecule has 1 amide bonds. The molecule has 0 radical (unpaired) electrons. The maximum absolute atomic E-state index is 12.5. The van der Waals surface area contributed by atoms with Crippen LogP contribution in [0.1, 0.15) is 25.7 Å². The summed E-state index contributed by atoms with van der Waals surface area (Å²) in [6.45, 7) is -0.454. The molecule has 3 atom stereocenters. The van der Waals surface area contributed by atoms with Gasteiger partial charge >= 0.3 is 0 Å². The van der Waals surface area contributed by atoms with Gasteiger partial charge in [0.2, 0.25) is 15.9 Å². The van der Waals surface area contributed by atoms with E-state index in [1.807, 2.05) is 0 Å². The number of rotatable bonds is 7. The number of nitro groups is 1. The van der Waals surface area contributed by atoms with Gasteiger partial charge in [0, 0.05) is 18.2 Å². The Morgan fingerprint density at radius 3 is 2.63 bits per heavy atom. The predicted octanol–water partition coefficient (Wildman–Crippen LogP) is 1.67. The van der Waals surface area contributed by atoms with Gasteiger partial charge in [-0.25, -0.2) is 8.42 Å². The van der Waals surface area contributed by atoms with E-state index in [2.05, 4.69) is 5.32 Å². The van der Waals surface area contributed by atoms with Crippen molar-refractivity contribution in [2.24, 2.45) is 11.8 Å². The van der Waals surface area contributed by atoms with Gasteiger partial charge in [0.15, 0.2) is 0 Å². The number of nitrogens with zero attached hydrogens (tertiary/aromatic N) is 2. The van der Waals surface area contributed by atoms with E-state index in [4.69, 9.17) is 4.74 Å². The number of nitrogens with one attached hydrogen (secondary N) is 1. The fraction of sp³-hybridized carbons (Fsp3) is 0.588. The average molecular weight is 397 g/mol. The number of benzene rings is 1. The number of hydrogen-bond acceptors (Lipinski definition) is 6. The first-order chi connectivity index (χ1) is 12.7. The van der Waals surface area contributed by atoms with Crippen LogP contribution < -0.4 is 14.4 Å². The SMILES string of the molecule is COc1ccc([N+](=O)[O-])cc1N(CC(=O)NC1CC2CCC1C2)S(C)(=O)=O. The quantitative estimate of drug-likeness (QED) is 0.552. The predicted molar refractivity (Wildman–Crippen MR) is 99.2 cm³/mol. The van der Waals surface area contributed by atoms with E-state index in [0.29, 0.717) is 11.8 Å². The second kappa shape index (κ2) is 7.34. The van der Waals surface area contributed by atoms with Crippen molar-refractivity contribution in [2.45, 2.75) is 31.7 Å². The van der Waals surface area contributed by atoms with Crippen LogP contribution in [0.15, 0.2) is 18.2 Å². The summed E-state index contributed by atoms with van der Waals surface area (Å²) in [6.07, 6.45) is 5.27. The van der Waals surface area contributed by atoms with Crippen LogP contribution in [0.25, 0.3) is 0 Å². The first-order valence-electron chi connectivity index (χ1n) is 8.78. The molecule has 27 heavy (non-hydrogen) atoms. The molecule has 9 nitrogen and oxygen atoms in total. The monoisotopic (exact) mass is 397 g/mol. The molecule has 148 valence electrons. The Kier molecular flexibility index (Phi) is 5.27. The average Bonchev–Trinajstić information content (AvgIpc) is 3.21. The number of fused-ring (bicyclic) bond motifs is 2. The molecule has 2 fully saturated rings. The minimum absolute atomic E-state index is 0.0303. The number of carbonyl (C=O) groups excluding carboxylic acids is 1. The zero-order valence-electron chi connectivity index (χ0n) is 15.3. The molecule has 2 aliphatic carbocycles. The zero-order chi connectivity index (χ0) is 19.8. The van der Waals surface area contributed by atoms with Crippen LogP contribution >= 0.6 is 0 Å². The van der Waals surface area contributed by atoms with E-state index in [-0.39, 0.29) is 23.2 Å². The highest BCUT2D eigenvalue weighted by atomic mass is 32.2. The third-order valence-corrected chi connectivity index (χ3v) is 6.54. The first-order valence-corrected chi connectivity index (χ1v) is 10.6. The number of amides is 1. The summed E-state index contributed by atoms with van der Waals surface area (Å²) in [7, 11) is -2.53. The molecule has 1 N–H and O–H groups in total. The number of ether oxygens (including phenoxy) is 1. The van der Waals surface area contributed by atoms with Crippen LogP contribution in [0.5, 0.6) is 5.75 Å². The molecule has 10 heteroatoms. The van der Waals surface area contributed by atoms with Gasteiger partial charge in [0.05, 0.1) is 18.3 Å². The lowest BCUT2D eigenvalue weighted by Gasteiger charge is -2.27. The van der Waals surface area contributed by atoms with Crippen molar-refractivity contribution in [1.82, 2.24) is 5.32 Å². The standard InChI is InChI=1S/C17H23N3O6S/c1-26-16-6-5-13(20(22)23)9-15(16)19(27(2,24)25)10-17(21)18-14-8-11-3-4-12(14)7-11/h5-6,9,11-12,14H,3-4,7-8,10H2,1-2H3,(H,18,21). The molecule has 1 aromatic rings. The Morgan fingerprint density at radius 1 is 1.37 bits per heavy atom. The number of nitro benzene ring substituents is 1. The molecule has 1 aromatic carbocycles. The molecule has 0 heterocycles. The Labute approximate surface area is 157 Å². The van der Waals surface area contributed by atoms with Crippen LogP contribution in [0, 0.1) is 22.0 Å². The number of hydrogen-bond donors (Lipinski definition) is 1. The maximum Gasteiger partial charge on any atom is 0.271 e. The number of anilines is 1. The van der Waals surface area contributed by atoms with Crippen LogP contribution in [-0.2, 0) is 14.8 Å². The van der Waals surface area contributed by atoms with Crippen molar-refractivity contribution in [3.8, 4) is 5.75 Å². The van der Waals surface area contributed by atoms with E-state index >= 15 is 0 Å². The fourth-order valence-corrected chi connectivity index (χ4v) is 5.02. The summed E-state index contributed by atoms with van der Waals surface area (Å²) in [5, 5.41) is 14.0. The summed E-state index contributed by atoms with van der Waals surface area (Å²) in [5.74, 6) is 0.812. The van der Waals surface area contributed by atoms with Crippen LogP contribution in [0.4, 0.5) is 11.4 Å². The van der Waals surface area contributed by atoms with Crippen molar-refractivity contribution in [3.05, 3.63) is 28.3 Å². The maximum atomic E-state index is 12.5. The Morgan fingerprint density at radius 2 is 2.11 bits per heavy atom. The number of methoxy groups -OCH3 is 1. The number of carbonyl (C=O) groups is 1. The molecule has 0 aliphatic heterocycles. The highest BCUT2D eigenvalue weighted by Gasteiger charge is 2.40. The van der Waals surface area contributed by atoms with E-state index < -0.39 is 27.4 Å². The lowest BCUT2D eigenvalue weighted by molar-refractivity contribution is -0.384. The summed E-state index contributed by atoms with van der Waals surface area (Å²) in [4.78, 5) is 23.0. The van der Waals surface area contributed by atoms with Gasteiger partial charge in [0.25, 0.3) is 5.69 Å². The molecule has 0 aromatic heterocycles. The van der Waals surface area contributed by atoms with Crippen molar-refractivity contribution in [2.75, 3.05) is 24.2 Å². The third kappa shape index (κ3) is 4.15. The molecular weight excluding hydrogens is 374 g/mol. The van der Waals surface area contributed by atoms with Crippen molar-refractivity contribution < 1.29 is 22.9 Å². The van der Waals surface area contributed by atoms with Gasteiger partial charge in [-0.1, -0.05) is 6.42 Å². The van der Waals surface area contributed by atoms with Gasteiger partial charge in [-0.15, -0.1) is 0 Å². The van der Waals surface area contributed by atoms with Crippen molar-refractivity contribution >= 4 is 27.3 Å². The lowest BCUT2D eigenvalue weighted by Crippen LogP contribution is -2.45. The summed E-state index contributed by atoms with van der Waals surface area (Å²) in [5.41, 5.74) is -0.315. The van der Waals surface area contributed by atoms with Crippen molar-refractivity contribution in [3.63, 3.8) is 0 Å². The second-order valence-corrected chi connectivity index (χ2v) is 9.14. The normalized spacial score (nSPS) is 23.9. The smallest absolute Gasteiger partial charge is 0.271 e. The van der Waals surface area contributed by atoms with Gasteiger partial charge in [-0.05, 0) is 37.2 Å². The number of non-ortho nitro benzene ring substituents is 1. The zero-order valence-corrected chi connectivity index (χ0v) is 16.1. The van der Waals surface area contributed by atoms with Crippen LogP contribution in [-0.4, -0.2) is 45.2 Å². The van der Waals surface area contributed by atoms with Gasteiger partial charge in [-0.3, -0.25) is 19.2 Å². The van der Waals surface area contributed by atoms with Gasteiger partial charge in [-0.2, -0.15) is 0 Å². The molecule has 0 spiro atoms. The topological polar surface area (TPSA) is 119 Å².